The lowest BCUT2D eigenvalue weighted by Crippen LogP contribution is -2.32. The minimum atomic E-state index is -0.0534. The van der Waals surface area contributed by atoms with Crippen LogP contribution in [0.4, 0.5) is 0 Å². The Morgan fingerprint density at radius 1 is 1.21 bits per heavy atom. The summed E-state index contributed by atoms with van der Waals surface area (Å²) in [5.74, 6) is 0. The molecule has 0 bridgehead atoms. The maximum Gasteiger partial charge on any atom is 0.0100 e. The van der Waals surface area contributed by atoms with Crippen LogP contribution in [0.3, 0.4) is 0 Å². The van der Waals surface area contributed by atoms with E-state index >= 15 is 0 Å². The summed E-state index contributed by atoms with van der Waals surface area (Å²) in [4.78, 5) is 0. The average molecular weight is 191 g/mol. The van der Waals surface area contributed by atoms with Crippen LogP contribution < -0.4 is 5.73 Å². The minimum Gasteiger partial charge on any atom is -0.326 e. The highest BCUT2D eigenvalue weighted by Crippen LogP contribution is 2.12. The van der Waals surface area contributed by atoms with Crippen LogP contribution in [0, 0.1) is 0 Å². The van der Waals surface area contributed by atoms with Gasteiger partial charge in [-0.1, -0.05) is 31.2 Å². The Bertz CT molecular complexity index is 284. The predicted octanol–water partition coefficient (Wildman–Crippen LogP) is 2.92. The van der Waals surface area contributed by atoms with E-state index < -0.39 is 0 Å². The molecule has 1 heteroatoms. The first kappa shape index (κ1) is 11.3. The normalized spacial score (nSPS) is 11.7. The van der Waals surface area contributed by atoms with Crippen molar-refractivity contribution in [3.63, 3.8) is 0 Å². The zero-order valence-corrected chi connectivity index (χ0v) is 9.51. The topological polar surface area (TPSA) is 26.0 Å². The number of hydrogen-bond donors (Lipinski definition) is 1. The molecule has 0 amide bonds. The number of rotatable bonds is 4. The first-order valence-electron chi connectivity index (χ1n) is 5.38. The summed E-state index contributed by atoms with van der Waals surface area (Å²) in [6.07, 6.45) is 3.23. The molecular weight excluding hydrogens is 170 g/mol. The summed E-state index contributed by atoms with van der Waals surface area (Å²) in [6.45, 7) is 6.35. The molecule has 0 aliphatic carbocycles. The Labute approximate surface area is 87.3 Å². The zero-order valence-electron chi connectivity index (χ0n) is 9.51. The summed E-state index contributed by atoms with van der Waals surface area (Å²) in [7, 11) is 0. The number of hydrogen-bond acceptors (Lipinski definition) is 1. The molecule has 78 valence electrons. The molecule has 14 heavy (non-hydrogen) atoms. The third-order valence-corrected chi connectivity index (χ3v) is 2.46. The SMILES string of the molecule is CCc1cccc(CCC(C)(C)N)c1. The van der Waals surface area contributed by atoms with Crippen molar-refractivity contribution in [2.45, 2.75) is 45.6 Å². The van der Waals surface area contributed by atoms with Crippen molar-refractivity contribution in [1.29, 1.82) is 0 Å². The Morgan fingerprint density at radius 3 is 2.43 bits per heavy atom. The van der Waals surface area contributed by atoms with Gasteiger partial charge in [0.05, 0.1) is 0 Å². The van der Waals surface area contributed by atoms with Crippen LogP contribution >= 0.6 is 0 Å². The average Bonchev–Trinajstić information content (AvgIpc) is 2.14. The Balaban J connectivity index is 2.59. The van der Waals surface area contributed by atoms with Gasteiger partial charge in [-0.3, -0.25) is 0 Å². The molecule has 0 unspecified atom stereocenters. The molecule has 1 rings (SSSR count). The molecule has 0 spiro atoms. The standard InChI is InChI=1S/C13H21N/c1-4-11-6-5-7-12(10-11)8-9-13(2,3)14/h5-7,10H,4,8-9,14H2,1-3H3. The van der Waals surface area contributed by atoms with Gasteiger partial charge < -0.3 is 5.73 Å². The lowest BCUT2D eigenvalue weighted by Gasteiger charge is -2.18. The summed E-state index contributed by atoms with van der Waals surface area (Å²) in [5, 5.41) is 0. The summed E-state index contributed by atoms with van der Waals surface area (Å²) >= 11 is 0. The first-order chi connectivity index (χ1) is 6.51. The van der Waals surface area contributed by atoms with Crippen molar-refractivity contribution in [3.8, 4) is 0 Å². The fraction of sp³-hybridized carbons (Fsp3) is 0.538. The van der Waals surface area contributed by atoms with Crippen LogP contribution in [0.25, 0.3) is 0 Å². The number of aryl methyl sites for hydroxylation is 2. The summed E-state index contributed by atoms with van der Waals surface area (Å²) in [5.41, 5.74) is 8.72. The molecule has 0 aromatic heterocycles. The molecular formula is C13H21N. The Morgan fingerprint density at radius 2 is 1.86 bits per heavy atom. The Kier molecular flexibility index (Phi) is 3.70. The second-order valence-corrected chi connectivity index (χ2v) is 4.66. The third kappa shape index (κ3) is 3.93. The van der Waals surface area contributed by atoms with E-state index in [1.54, 1.807) is 0 Å². The first-order valence-corrected chi connectivity index (χ1v) is 5.38. The fourth-order valence-corrected chi connectivity index (χ4v) is 1.47. The van der Waals surface area contributed by atoms with E-state index in [0.29, 0.717) is 0 Å². The molecule has 0 heterocycles. The van der Waals surface area contributed by atoms with Gasteiger partial charge in [-0.15, -0.1) is 0 Å². The van der Waals surface area contributed by atoms with Crippen molar-refractivity contribution in [3.05, 3.63) is 35.4 Å². The summed E-state index contributed by atoms with van der Waals surface area (Å²) in [6, 6.07) is 8.78. The van der Waals surface area contributed by atoms with Crippen LogP contribution in [-0.4, -0.2) is 5.54 Å². The van der Waals surface area contributed by atoms with E-state index in [0.717, 1.165) is 19.3 Å². The van der Waals surface area contributed by atoms with E-state index in [-0.39, 0.29) is 5.54 Å². The van der Waals surface area contributed by atoms with Gasteiger partial charge in [0.2, 0.25) is 0 Å². The van der Waals surface area contributed by atoms with Gasteiger partial charge >= 0.3 is 0 Å². The van der Waals surface area contributed by atoms with Crippen molar-refractivity contribution >= 4 is 0 Å². The lowest BCUT2D eigenvalue weighted by molar-refractivity contribution is 0.477. The number of benzene rings is 1. The van der Waals surface area contributed by atoms with Crippen LogP contribution in [0.5, 0.6) is 0 Å². The van der Waals surface area contributed by atoms with Crippen molar-refractivity contribution in [2.24, 2.45) is 5.73 Å². The van der Waals surface area contributed by atoms with E-state index in [2.05, 4.69) is 45.0 Å². The van der Waals surface area contributed by atoms with E-state index in [1.165, 1.54) is 11.1 Å². The van der Waals surface area contributed by atoms with Crippen LogP contribution in [0.15, 0.2) is 24.3 Å². The van der Waals surface area contributed by atoms with Crippen LogP contribution in [-0.2, 0) is 12.8 Å². The Hall–Kier alpha value is -0.820. The molecule has 0 saturated carbocycles. The molecule has 0 saturated heterocycles. The second-order valence-electron chi connectivity index (χ2n) is 4.66. The molecule has 1 aromatic rings. The molecule has 0 atom stereocenters. The predicted molar refractivity (Wildman–Crippen MR) is 62.4 cm³/mol. The van der Waals surface area contributed by atoms with Gasteiger partial charge in [-0.25, -0.2) is 0 Å². The molecule has 0 radical (unpaired) electrons. The smallest absolute Gasteiger partial charge is 0.0100 e. The monoisotopic (exact) mass is 191 g/mol. The molecule has 0 fully saturated rings. The quantitative estimate of drug-likeness (QED) is 0.778. The van der Waals surface area contributed by atoms with Crippen molar-refractivity contribution < 1.29 is 0 Å². The van der Waals surface area contributed by atoms with E-state index in [1.807, 2.05) is 0 Å². The van der Waals surface area contributed by atoms with Gasteiger partial charge in [0.1, 0.15) is 0 Å². The maximum absolute atomic E-state index is 5.95. The zero-order chi connectivity index (χ0) is 10.6. The van der Waals surface area contributed by atoms with E-state index in [9.17, 15) is 0 Å². The highest BCUT2D eigenvalue weighted by atomic mass is 14.7. The molecule has 0 aliphatic rings. The minimum absolute atomic E-state index is 0.0534. The van der Waals surface area contributed by atoms with Crippen molar-refractivity contribution in [2.75, 3.05) is 0 Å². The van der Waals surface area contributed by atoms with Gasteiger partial charge in [0.25, 0.3) is 0 Å². The molecule has 1 nitrogen and oxygen atoms in total. The maximum atomic E-state index is 5.95. The van der Waals surface area contributed by atoms with Crippen LogP contribution in [0.2, 0.25) is 0 Å². The molecule has 1 aromatic carbocycles. The molecule has 2 N–H and O–H groups in total. The number of nitrogens with two attached hydrogens (primary N) is 1. The highest BCUT2D eigenvalue weighted by molar-refractivity contribution is 5.23. The van der Waals surface area contributed by atoms with E-state index in [4.69, 9.17) is 5.73 Å². The second kappa shape index (κ2) is 4.61. The lowest BCUT2D eigenvalue weighted by atomic mass is 9.95. The van der Waals surface area contributed by atoms with Crippen molar-refractivity contribution in [1.82, 2.24) is 0 Å². The van der Waals surface area contributed by atoms with Gasteiger partial charge in [0.15, 0.2) is 0 Å². The summed E-state index contributed by atoms with van der Waals surface area (Å²) < 4.78 is 0. The van der Waals surface area contributed by atoms with Gasteiger partial charge in [-0.05, 0) is 44.2 Å². The highest BCUT2D eigenvalue weighted by Gasteiger charge is 2.09. The molecule has 0 aliphatic heterocycles. The third-order valence-electron chi connectivity index (χ3n) is 2.46. The van der Waals surface area contributed by atoms with Gasteiger partial charge in [0, 0.05) is 5.54 Å². The van der Waals surface area contributed by atoms with Gasteiger partial charge in [-0.2, -0.15) is 0 Å². The fourth-order valence-electron chi connectivity index (χ4n) is 1.47. The van der Waals surface area contributed by atoms with Crippen LogP contribution in [0.1, 0.15) is 38.3 Å². The largest absolute Gasteiger partial charge is 0.326 e.